The summed E-state index contributed by atoms with van der Waals surface area (Å²) in [5, 5.41) is 0. The molecule has 2 heterocycles. The van der Waals surface area contributed by atoms with Gasteiger partial charge in [0, 0.05) is 22.2 Å². The Morgan fingerprint density at radius 2 is 0.659 bits per heavy atom. The van der Waals surface area contributed by atoms with Gasteiger partial charge in [-0.3, -0.25) is 0 Å². The highest BCUT2D eigenvalue weighted by molar-refractivity contribution is 5.90. The molecule has 0 N–H and O–H groups in total. The van der Waals surface area contributed by atoms with Gasteiger partial charge in [0.05, 0.1) is 22.7 Å². The van der Waals surface area contributed by atoms with Gasteiger partial charge in [-0.15, -0.1) is 0 Å². The van der Waals surface area contributed by atoms with Crippen LogP contribution in [0.1, 0.15) is 86.5 Å². The van der Waals surface area contributed by atoms with E-state index in [0.717, 1.165) is 0 Å². The normalized spacial score (nSPS) is 19.2. The molecule has 9 rings (SSSR count). The van der Waals surface area contributed by atoms with Crippen LogP contribution in [0.2, 0.25) is 0 Å². The average Bonchev–Trinajstić information content (AvgIpc) is 3.10. The lowest BCUT2D eigenvalue weighted by Gasteiger charge is -2.48. The van der Waals surface area contributed by atoms with Crippen molar-refractivity contribution in [1.82, 2.24) is 0 Å². The molecular weight excluding hydrogens is 532 g/mol. The van der Waals surface area contributed by atoms with Crippen LogP contribution in [-0.4, -0.2) is 0 Å². The van der Waals surface area contributed by atoms with Crippen molar-refractivity contribution in [2.75, 3.05) is 9.80 Å². The molecule has 2 saturated carbocycles. The molecule has 44 heavy (non-hydrogen) atoms. The Hall–Kier alpha value is -4.30. The van der Waals surface area contributed by atoms with Crippen molar-refractivity contribution in [1.29, 1.82) is 0 Å². The van der Waals surface area contributed by atoms with Crippen LogP contribution in [0.3, 0.4) is 0 Å². The van der Waals surface area contributed by atoms with E-state index in [1.165, 1.54) is 121 Å². The monoisotopic (exact) mass is 572 g/mol. The van der Waals surface area contributed by atoms with Crippen LogP contribution in [0, 0.1) is 0 Å². The average molecular weight is 573 g/mol. The van der Waals surface area contributed by atoms with Crippen molar-refractivity contribution >= 4 is 34.1 Å². The molecule has 0 atom stereocenters. The van der Waals surface area contributed by atoms with Crippen LogP contribution in [0.5, 0.6) is 0 Å². The summed E-state index contributed by atoms with van der Waals surface area (Å²) in [7, 11) is 0. The largest absolute Gasteiger partial charge is 0.310 e. The second-order valence-corrected chi connectivity index (χ2v) is 13.5. The molecule has 2 spiro atoms. The fourth-order valence-corrected chi connectivity index (χ4v) is 9.56. The molecule has 2 fully saturated rings. The number of rotatable bonds is 2. The van der Waals surface area contributed by atoms with Crippen molar-refractivity contribution in [3.05, 3.63) is 144 Å². The van der Waals surface area contributed by atoms with Crippen molar-refractivity contribution in [3.63, 3.8) is 0 Å². The molecule has 5 aromatic carbocycles. The van der Waals surface area contributed by atoms with Gasteiger partial charge in [0.2, 0.25) is 0 Å². The van der Waals surface area contributed by atoms with E-state index < -0.39 is 0 Å². The Morgan fingerprint density at radius 1 is 0.341 bits per heavy atom. The molecule has 0 radical (unpaired) electrons. The first-order valence-electron chi connectivity index (χ1n) is 16.9. The van der Waals surface area contributed by atoms with Crippen LogP contribution in [0.15, 0.2) is 121 Å². The summed E-state index contributed by atoms with van der Waals surface area (Å²) < 4.78 is 0. The number of fused-ring (bicyclic) bond motifs is 8. The maximum atomic E-state index is 2.54. The minimum atomic E-state index is 0.110. The predicted molar refractivity (Wildman–Crippen MR) is 184 cm³/mol. The van der Waals surface area contributed by atoms with E-state index in [1.807, 2.05) is 0 Å². The highest BCUT2D eigenvalue weighted by atomic mass is 15.2. The van der Waals surface area contributed by atoms with E-state index in [4.69, 9.17) is 0 Å². The van der Waals surface area contributed by atoms with Crippen LogP contribution < -0.4 is 9.80 Å². The lowest BCUT2D eigenvalue weighted by atomic mass is 9.62. The summed E-state index contributed by atoms with van der Waals surface area (Å²) in [6, 6.07) is 46.3. The second kappa shape index (κ2) is 10.1. The maximum Gasteiger partial charge on any atom is 0.0502 e. The number of hydrogen-bond acceptors (Lipinski definition) is 2. The zero-order chi connectivity index (χ0) is 29.1. The highest BCUT2D eigenvalue weighted by Gasteiger charge is 2.45. The first-order chi connectivity index (χ1) is 21.8. The van der Waals surface area contributed by atoms with Gasteiger partial charge in [-0.1, -0.05) is 117 Å². The molecule has 2 aliphatic heterocycles. The summed E-state index contributed by atoms with van der Waals surface area (Å²) in [5.74, 6) is 0. The highest BCUT2D eigenvalue weighted by Crippen LogP contribution is 2.59. The van der Waals surface area contributed by atoms with Gasteiger partial charge in [0.25, 0.3) is 0 Å². The molecule has 5 aromatic rings. The molecule has 0 aromatic heterocycles. The van der Waals surface area contributed by atoms with Gasteiger partial charge in [-0.05, 0) is 90.4 Å². The fraction of sp³-hybridized carbons (Fsp3) is 0.286. The summed E-state index contributed by atoms with van der Waals surface area (Å²) in [5.41, 5.74) is 14.0. The third-order valence-corrected chi connectivity index (χ3v) is 11.4. The quantitative estimate of drug-likeness (QED) is 0.208. The van der Waals surface area contributed by atoms with Crippen molar-refractivity contribution in [2.24, 2.45) is 0 Å². The standard InChI is InChI=1S/C42H40N2/c1-11-26-41(27-12-1)33-18-3-7-22-37(33)43(38-23-8-4-19-34(38)41)31-16-15-17-32(30-31)44-39-24-9-5-20-35(39)42(28-13-2-14-29-42)36-21-6-10-25-40(36)44/h3-10,15-25,30H,1-2,11-14,26-29H2. The van der Waals surface area contributed by atoms with Gasteiger partial charge >= 0.3 is 0 Å². The number of benzene rings is 5. The Balaban J connectivity index is 1.23. The van der Waals surface area contributed by atoms with E-state index in [9.17, 15) is 0 Å². The van der Waals surface area contributed by atoms with E-state index in [0.29, 0.717) is 0 Å². The van der Waals surface area contributed by atoms with Crippen LogP contribution in [0.25, 0.3) is 0 Å². The summed E-state index contributed by atoms with van der Waals surface area (Å²) in [6.45, 7) is 0. The molecule has 0 unspecified atom stereocenters. The second-order valence-electron chi connectivity index (χ2n) is 13.5. The Morgan fingerprint density at radius 3 is 1.00 bits per heavy atom. The lowest BCUT2D eigenvalue weighted by Crippen LogP contribution is -2.37. The number of para-hydroxylation sites is 4. The van der Waals surface area contributed by atoms with Gasteiger partial charge < -0.3 is 9.80 Å². The molecule has 0 amide bonds. The third kappa shape index (κ3) is 3.67. The predicted octanol–water partition coefficient (Wildman–Crippen LogP) is 11.8. The smallest absolute Gasteiger partial charge is 0.0502 e. The molecule has 218 valence electrons. The van der Waals surface area contributed by atoms with Gasteiger partial charge in [-0.25, -0.2) is 0 Å². The molecule has 2 aliphatic carbocycles. The molecule has 0 bridgehead atoms. The van der Waals surface area contributed by atoms with Crippen molar-refractivity contribution in [2.45, 2.75) is 75.0 Å². The lowest BCUT2D eigenvalue weighted by molar-refractivity contribution is 0.344. The van der Waals surface area contributed by atoms with E-state index in [1.54, 1.807) is 0 Å². The van der Waals surface area contributed by atoms with Crippen LogP contribution in [0.4, 0.5) is 34.1 Å². The van der Waals surface area contributed by atoms with Crippen molar-refractivity contribution < 1.29 is 0 Å². The number of nitrogens with zero attached hydrogens (tertiary/aromatic N) is 2. The summed E-state index contributed by atoms with van der Waals surface area (Å²) >= 11 is 0. The van der Waals surface area contributed by atoms with Gasteiger partial charge in [0.1, 0.15) is 0 Å². The Kier molecular flexibility index (Phi) is 6.01. The maximum absolute atomic E-state index is 2.54. The topological polar surface area (TPSA) is 6.48 Å². The minimum Gasteiger partial charge on any atom is -0.310 e. The van der Waals surface area contributed by atoms with Gasteiger partial charge in [0.15, 0.2) is 0 Å². The summed E-state index contributed by atoms with van der Waals surface area (Å²) in [4.78, 5) is 5.08. The van der Waals surface area contributed by atoms with Crippen LogP contribution in [-0.2, 0) is 10.8 Å². The fourth-order valence-electron chi connectivity index (χ4n) is 9.56. The molecule has 2 heteroatoms. The summed E-state index contributed by atoms with van der Waals surface area (Å²) in [6.07, 6.45) is 12.8. The van der Waals surface area contributed by atoms with Crippen molar-refractivity contribution in [3.8, 4) is 0 Å². The third-order valence-electron chi connectivity index (χ3n) is 11.4. The first kappa shape index (κ1) is 26.1. The van der Waals surface area contributed by atoms with Crippen LogP contribution >= 0.6 is 0 Å². The first-order valence-corrected chi connectivity index (χ1v) is 16.9. The van der Waals surface area contributed by atoms with Gasteiger partial charge in [-0.2, -0.15) is 0 Å². The van der Waals surface area contributed by atoms with E-state index in [-0.39, 0.29) is 10.8 Å². The van der Waals surface area contributed by atoms with E-state index >= 15 is 0 Å². The Bertz CT molecular complexity index is 1620. The zero-order valence-electron chi connectivity index (χ0n) is 25.5. The minimum absolute atomic E-state index is 0.110. The molecular formula is C42H40N2. The Labute approximate surface area is 262 Å². The molecule has 0 saturated heterocycles. The molecule has 4 aliphatic rings. The SMILES string of the molecule is c1cc(N2c3ccccc3C3(CCCCC3)c3ccccc32)cc(N2c3ccccc3C3(CCCCC3)c3ccccc32)c1. The molecule has 2 nitrogen and oxygen atoms in total. The number of anilines is 6. The number of hydrogen-bond donors (Lipinski definition) is 0. The zero-order valence-corrected chi connectivity index (χ0v) is 25.5. The van der Waals surface area contributed by atoms with E-state index in [2.05, 4.69) is 131 Å².